The van der Waals surface area contributed by atoms with Crippen LogP contribution < -0.4 is 5.73 Å². The lowest BCUT2D eigenvalue weighted by Gasteiger charge is -2.08. The Hall–Kier alpha value is -1.26. The number of rotatable bonds is 4. The normalized spacial score (nSPS) is 19.2. The van der Waals surface area contributed by atoms with Crippen LogP contribution in [0.4, 0.5) is 0 Å². The molecule has 1 aromatic rings. The van der Waals surface area contributed by atoms with Crippen LogP contribution in [0.2, 0.25) is 0 Å². The number of benzene rings is 1. The third-order valence-electron chi connectivity index (χ3n) is 2.65. The smallest absolute Gasteiger partial charge is 0.0835 e. The lowest BCUT2D eigenvalue weighted by Crippen LogP contribution is -2.09. The summed E-state index contributed by atoms with van der Waals surface area (Å²) in [5.41, 5.74) is 6.90. The fourth-order valence-corrected chi connectivity index (χ4v) is 2.74. The second-order valence-corrected chi connectivity index (χ2v) is 5.40. The van der Waals surface area contributed by atoms with Gasteiger partial charge in [-0.2, -0.15) is 0 Å². The van der Waals surface area contributed by atoms with Crippen molar-refractivity contribution in [3.05, 3.63) is 42.1 Å². The van der Waals surface area contributed by atoms with E-state index >= 15 is 0 Å². The summed E-state index contributed by atoms with van der Waals surface area (Å²) >= 11 is 1.83. The van der Waals surface area contributed by atoms with E-state index in [9.17, 15) is 0 Å². The van der Waals surface area contributed by atoms with Gasteiger partial charge in [0.15, 0.2) is 0 Å². The summed E-state index contributed by atoms with van der Waals surface area (Å²) in [6.07, 6.45) is 1.11. The van der Waals surface area contributed by atoms with Gasteiger partial charge in [-0.1, -0.05) is 18.7 Å². The van der Waals surface area contributed by atoms with Crippen molar-refractivity contribution in [3.63, 3.8) is 0 Å². The Balaban J connectivity index is 2.02. The monoisotopic (exact) mass is 248 g/mol. The Labute approximate surface area is 106 Å². The van der Waals surface area contributed by atoms with Crippen molar-refractivity contribution in [1.82, 2.24) is 0 Å². The quantitative estimate of drug-likeness (QED) is 0.804. The first-order valence-electron chi connectivity index (χ1n) is 5.55. The predicted molar refractivity (Wildman–Crippen MR) is 71.7 cm³/mol. The Morgan fingerprint density at radius 1 is 1.41 bits per heavy atom. The second kappa shape index (κ2) is 5.38. The molecule has 1 aromatic carbocycles. The third kappa shape index (κ3) is 3.11. The Morgan fingerprint density at radius 2 is 2.12 bits per heavy atom. The summed E-state index contributed by atoms with van der Waals surface area (Å²) in [6.45, 7) is 5.27. The maximum Gasteiger partial charge on any atom is 0.0835 e. The van der Waals surface area contributed by atoms with Crippen molar-refractivity contribution in [2.24, 2.45) is 5.73 Å². The minimum absolute atomic E-state index is 0.297. The summed E-state index contributed by atoms with van der Waals surface area (Å²) < 4.78 is 5.34. The molecule has 0 spiro atoms. The van der Waals surface area contributed by atoms with Gasteiger partial charge in [-0.3, -0.25) is 5.41 Å². The van der Waals surface area contributed by atoms with Gasteiger partial charge in [0, 0.05) is 22.3 Å². The fourth-order valence-electron chi connectivity index (χ4n) is 1.68. The molecule has 0 radical (unpaired) electrons. The number of hydrogen-bond donors (Lipinski definition) is 2. The molecule has 3 nitrogen and oxygen atoms in total. The highest BCUT2D eigenvalue weighted by Gasteiger charge is 2.16. The lowest BCUT2D eigenvalue weighted by molar-refractivity contribution is 0.199. The van der Waals surface area contributed by atoms with Crippen molar-refractivity contribution >= 4 is 17.5 Å². The van der Waals surface area contributed by atoms with Crippen LogP contribution in [0.3, 0.4) is 0 Å². The number of thioether (sulfide) groups is 1. The number of allylic oxidation sites excluding steroid dienone is 1. The highest BCUT2D eigenvalue weighted by Crippen LogP contribution is 2.28. The molecule has 2 rings (SSSR count). The van der Waals surface area contributed by atoms with E-state index in [1.807, 2.05) is 36.0 Å². The molecular formula is C13H16N2OS. The molecular weight excluding hydrogens is 232 g/mol. The van der Waals surface area contributed by atoms with E-state index in [-0.39, 0.29) is 0 Å². The average Bonchev–Trinajstić information content (AvgIpc) is 2.82. The maximum atomic E-state index is 7.73. The largest absolute Gasteiger partial charge is 0.397 e. The van der Waals surface area contributed by atoms with Gasteiger partial charge >= 0.3 is 0 Å². The first-order chi connectivity index (χ1) is 8.16. The first-order valence-corrected chi connectivity index (χ1v) is 6.43. The van der Waals surface area contributed by atoms with E-state index in [0.717, 1.165) is 25.2 Å². The third-order valence-corrected chi connectivity index (χ3v) is 3.90. The highest BCUT2D eigenvalue weighted by atomic mass is 32.2. The average molecular weight is 248 g/mol. The van der Waals surface area contributed by atoms with Crippen LogP contribution in [0, 0.1) is 5.41 Å². The Morgan fingerprint density at radius 3 is 2.65 bits per heavy atom. The first kappa shape index (κ1) is 12.2. The molecule has 0 aliphatic carbocycles. The summed E-state index contributed by atoms with van der Waals surface area (Å²) in [6, 6.07) is 7.88. The standard InChI is InChI=1S/C13H16N2OS/c1-9(14)13(15)10-2-4-11(5-3-10)17-12-6-7-16-8-12/h2-5,12,15H,1,6-8,14H2. The number of hydrogen-bond acceptors (Lipinski definition) is 4. The maximum absolute atomic E-state index is 7.73. The fraction of sp³-hybridized carbons (Fsp3) is 0.308. The molecule has 1 aliphatic rings. The molecule has 1 heterocycles. The number of nitrogens with one attached hydrogen (secondary N) is 1. The molecule has 3 N–H and O–H groups in total. The summed E-state index contributed by atoms with van der Waals surface area (Å²) in [5, 5.41) is 8.29. The van der Waals surface area contributed by atoms with Crippen LogP contribution in [0.1, 0.15) is 12.0 Å². The molecule has 1 atom stereocenters. The molecule has 1 saturated heterocycles. The van der Waals surface area contributed by atoms with E-state index in [1.54, 1.807) is 0 Å². The molecule has 0 bridgehead atoms. The van der Waals surface area contributed by atoms with Gasteiger partial charge in [0.25, 0.3) is 0 Å². The highest BCUT2D eigenvalue weighted by molar-refractivity contribution is 8.00. The van der Waals surface area contributed by atoms with Gasteiger partial charge in [-0.05, 0) is 18.6 Å². The predicted octanol–water partition coefficient (Wildman–Crippen LogP) is 2.41. The van der Waals surface area contributed by atoms with Crippen molar-refractivity contribution in [2.45, 2.75) is 16.6 Å². The van der Waals surface area contributed by atoms with Gasteiger partial charge < -0.3 is 10.5 Å². The van der Waals surface area contributed by atoms with Crippen LogP contribution in [0.15, 0.2) is 41.4 Å². The van der Waals surface area contributed by atoms with Gasteiger partial charge in [-0.15, -0.1) is 11.8 Å². The van der Waals surface area contributed by atoms with Crippen LogP contribution in [0.5, 0.6) is 0 Å². The second-order valence-electron chi connectivity index (χ2n) is 4.03. The summed E-state index contributed by atoms with van der Waals surface area (Å²) in [5.74, 6) is 0. The molecule has 0 saturated carbocycles. The van der Waals surface area contributed by atoms with E-state index in [4.69, 9.17) is 15.9 Å². The zero-order chi connectivity index (χ0) is 12.3. The molecule has 90 valence electrons. The van der Waals surface area contributed by atoms with E-state index in [1.165, 1.54) is 4.90 Å². The molecule has 0 aromatic heterocycles. The van der Waals surface area contributed by atoms with Crippen LogP contribution >= 0.6 is 11.8 Å². The van der Waals surface area contributed by atoms with E-state index in [2.05, 4.69) is 6.58 Å². The van der Waals surface area contributed by atoms with Gasteiger partial charge in [0.2, 0.25) is 0 Å². The van der Waals surface area contributed by atoms with Crippen molar-refractivity contribution in [2.75, 3.05) is 13.2 Å². The minimum atomic E-state index is 0.297. The van der Waals surface area contributed by atoms with Crippen molar-refractivity contribution < 1.29 is 4.74 Å². The van der Waals surface area contributed by atoms with Crippen molar-refractivity contribution in [3.8, 4) is 0 Å². The Bertz CT molecular complexity index is 422. The van der Waals surface area contributed by atoms with Crippen LogP contribution in [0.25, 0.3) is 0 Å². The molecule has 4 heteroatoms. The van der Waals surface area contributed by atoms with Gasteiger partial charge in [0.1, 0.15) is 0 Å². The van der Waals surface area contributed by atoms with E-state index < -0.39 is 0 Å². The van der Waals surface area contributed by atoms with Crippen LogP contribution in [-0.4, -0.2) is 24.2 Å². The molecule has 0 amide bonds. The lowest BCUT2D eigenvalue weighted by atomic mass is 10.1. The van der Waals surface area contributed by atoms with Gasteiger partial charge in [0.05, 0.1) is 18.0 Å². The van der Waals surface area contributed by atoms with Crippen molar-refractivity contribution in [1.29, 1.82) is 5.41 Å². The zero-order valence-corrected chi connectivity index (χ0v) is 10.4. The van der Waals surface area contributed by atoms with E-state index in [0.29, 0.717) is 16.7 Å². The molecule has 1 fully saturated rings. The number of ether oxygens (including phenoxy) is 1. The van der Waals surface area contributed by atoms with Crippen LogP contribution in [-0.2, 0) is 4.74 Å². The summed E-state index contributed by atoms with van der Waals surface area (Å²) in [4.78, 5) is 1.21. The molecule has 1 unspecified atom stereocenters. The molecule has 1 aliphatic heterocycles. The number of nitrogens with two attached hydrogens (primary N) is 1. The minimum Gasteiger partial charge on any atom is -0.397 e. The topological polar surface area (TPSA) is 59.1 Å². The summed E-state index contributed by atoms with van der Waals surface area (Å²) in [7, 11) is 0. The Kier molecular flexibility index (Phi) is 3.86. The van der Waals surface area contributed by atoms with Gasteiger partial charge in [-0.25, -0.2) is 0 Å². The zero-order valence-electron chi connectivity index (χ0n) is 9.61. The SMILES string of the molecule is C=C(N)C(=N)c1ccc(SC2CCOC2)cc1. The molecule has 17 heavy (non-hydrogen) atoms.